The Balaban J connectivity index is 2.22. The molecule has 0 saturated carbocycles. The number of amides is 1. The molecule has 1 heterocycles. The Morgan fingerprint density at radius 2 is 2.09 bits per heavy atom. The summed E-state index contributed by atoms with van der Waals surface area (Å²) in [6.07, 6.45) is 1.72. The van der Waals surface area contributed by atoms with Crippen LogP contribution in [0.1, 0.15) is 35.9 Å². The van der Waals surface area contributed by atoms with Gasteiger partial charge in [-0.05, 0) is 37.6 Å². The number of carboxylic acids is 1. The molecule has 0 radical (unpaired) electrons. The summed E-state index contributed by atoms with van der Waals surface area (Å²) in [5.41, 5.74) is 1.09. The van der Waals surface area contributed by atoms with Crippen LogP contribution in [0.2, 0.25) is 0 Å². The van der Waals surface area contributed by atoms with Gasteiger partial charge in [-0.3, -0.25) is 14.3 Å². The Hall–Kier alpha value is -2.15. The molecule has 0 aliphatic rings. The molecule has 0 bridgehead atoms. The summed E-state index contributed by atoms with van der Waals surface area (Å²) in [5.74, 6) is -1.46. The van der Waals surface area contributed by atoms with Gasteiger partial charge in [-0.2, -0.15) is 5.10 Å². The maximum Gasteiger partial charge on any atom is 0.323 e. The van der Waals surface area contributed by atoms with Gasteiger partial charge in [0.2, 0.25) is 0 Å². The maximum absolute atomic E-state index is 12.6. The topological polar surface area (TPSA) is 75.4 Å². The van der Waals surface area contributed by atoms with Gasteiger partial charge in [0.1, 0.15) is 12.2 Å². The van der Waals surface area contributed by atoms with Crippen LogP contribution >= 0.6 is 15.9 Å². The fourth-order valence-corrected chi connectivity index (χ4v) is 2.57. The summed E-state index contributed by atoms with van der Waals surface area (Å²) in [6.45, 7) is 3.74. The largest absolute Gasteiger partial charge is 0.480 e. The number of hydrogen-bond donors (Lipinski definition) is 1. The highest BCUT2D eigenvalue weighted by atomic mass is 79.9. The molecule has 0 atom stereocenters. The van der Waals surface area contributed by atoms with Gasteiger partial charge >= 0.3 is 5.97 Å². The zero-order valence-electron chi connectivity index (χ0n) is 12.9. The van der Waals surface area contributed by atoms with Crippen molar-refractivity contribution in [1.29, 1.82) is 0 Å². The van der Waals surface area contributed by atoms with Gasteiger partial charge in [-0.1, -0.05) is 28.1 Å². The van der Waals surface area contributed by atoms with Crippen molar-refractivity contribution < 1.29 is 14.7 Å². The minimum atomic E-state index is -1.06. The number of carbonyl (C=O) groups is 2. The van der Waals surface area contributed by atoms with Gasteiger partial charge in [0.05, 0.1) is 0 Å². The van der Waals surface area contributed by atoms with Crippen LogP contribution in [-0.4, -0.2) is 38.2 Å². The molecule has 1 aromatic heterocycles. The van der Waals surface area contributed by atoms with Crippen molar-refractivity contribution in [3.05, 3.63) is 52.3 Å². The first-order valence-corrected chi connectivity index (χ1v) is 7.97. The van der Waals surface area contributed by atoms with Crippen LogP contribution in [-0.2, 0) is 11.3 Å². The zero-order valence-corrected chi connectivity index (χ0v) is 14.5. The molecular weight excluding hydrogens is 362 g/mol. The van der Waals surface area contributed by atoms with E-state index in [2.05, 4.69) is 21.0 Å². The first-order chi connectivity index (χ1) is 10.9. The van der Waals surface area contributed by atoms with Crippen molar-refractivity contribution in [1.82, 2.24) is 14.7 Å². The third kappa shape index (κ3) is 4.66. The molecule has 7 heteroatoms. The zero-order chi connectivity index (χ0) is 17.0. The van der Waals surface area contributed by atoms with Gasteiger partial charge in [-0.15, -0.1) is 0 Å². The van der Waals surface area contributed by atoms with Crippen LogP contribution < -0.4 is 0 Å². The van der Waals surface area contributed by atoms with Crippen molar-refractivity contribution >= 4 is 27.8 Å². The molecule has 0 fully saturated rings. The summed E-state index contributed by atoms with van der Waals surface area (Å²) in [6, 6.07) is 9.16. The lowest BCUT2D eigenvalue weighted by Crippen LogP contribution is -2.35. The number of rotatable bonds is 6. The molecular formula is C16H18BrN3O3. The molecule has 1 N–H and O–H groups in total. The quantitative estimate of drug-likeness (QED) is 0.836. The van der Waals surface area contributed by atoms with E-state index in [9.17, 15) is 9.59 Å². The van der Waals surface area contributed by atoms with E-state index < -0.39 is 11.9 Å². The second-order valence-electron chi connectivity index (χ2n) is 5.46. The Morgan fingerprint density at radius 1 is 1.35 bits per heavy atom. The van der Waals surface area contributed by atoms with E-state index in [0.29, 0.717) is 0 Å². The summed E-state index contributed by atoms with van der Waals surface area (Å²) in [7, 11) is 0. The highest BCUT2D eigenvalue weighted by molar-refractivity contribution is 9.10. The summed E-state index contributed by atoms with van der Waals surface area (Å²) in [4.78, 5) is 24.9. The predicted molar refractivity (Wildman–Crippen MR) is 89.1 cm³/mol. The minimum absolute atomic E-state index is 0.134. The fraction of sp³-hybridized carbons (Fsp3) is 0.312. The van der Waals surface area contributed by atoms with Crippen LogP contribution in [0.25, 0.3) is 0 Å². The molecule has 0 aliphatic carbocycles. The Kier molecular flexibility index (Phi) is 5.54. The van der Waals surface area contributed by atoms with Crippen LogP contribution in [0.5, 0.6) is 0 Å². The van der Waals surface area contributed by atoms with Crippen LogP contribution in [0.15, 0.2) is 41.0 Å². The number of aromatic nitrogens is 2. The number of aliphatic carboxylic acids is 1. The minimum Gasteiger partial charge on any atom is -0.480 e. The van der Waals surface area contributed by atoms with Gasteiger partial charge in [0.25, 0.3) is 5.91 Å². The number of benzene rings is 1. The monoisotopic (exact) mass is 379 g/mol. The SMILES string of the molecule is CC(C)n1ccc(C(=O)N(CC(=O)O)Cc2cccc(Br)c2)n1. The average molecular weight is 380 g/mol. The van der Waals surface area contributed by atoms with Gasteiger partial charge in [0.15, 0.2) is 0 Å². The summed E-state index contributed by atoms with van der Waals surface area (Å²) >= 11 is 3.37. The molecule has 2 rings (SSSR count). The van der Waals surface area contributed by atoms with Gasteiger partial charge in [-0.25, -0.2) is 0 Å². The number of carboxylic acid groups (broad SMARTS) is 1. The Labute approximate surface area is 142 Å². The third-order valence-corrected chi connectivity index (χ3v) is 3.73. The molecule has 23 heavy (non-hydrogen) atoms. The molecule has 0 spiro atoms. The lowest BCUT2D eigenvalue weighted by molar-refractivity contribution is -0.137. The number of nitrogens with zero attached hydrogens (tertiary/aromatic N) is 3. The van der Waals surface area contributed by atoms with Crippen molar-refractivity contribution in [2.75, 3.05) is 6.54 Å². The van der Waals surface area contributed by atoms with Crippen LogP contribution in [0.3, 0.4) is 0 Å². The number of halogens is 1. The highest BCUT2D eigenvalue weighted by Gasteiger charge is 2.21. The molecule has 0 unspecified atom stereocenters. The summed E-state index contributed by atoms with van der Waals surface area (Å²) in [5, 5.41) is 13.3. The molecule has 6 nitrogen and oxygen atoms in total. The van der Waals surface area contributed by atoms with E-state index in [0.717, 1.165) is 10.0 Å². The molecule has 0 aliphatic heterocycles. The Bertz CT molecular complexity index is 712. The number of hydrogen-bond acceptors (Lipinski definition) is 3. The normalized spacial score (nSPS) is 10.8. The van der Waals surface area contributed by atoms with Crippen molar-refractivity contribution in [2.24, 2.45) is 0 Å². The van der Waals surface area contributed by atoms with Gasteiger partial charge in [0, 0.05) is 23.3 Å². The fourth-order valence-electron chi connectivity index (χ4n) is 2.12. The lowest BCUT2D eigenvalue weighted by Gasteiger charge is -2.20. The first-order valence-electron chi connectivity index (χ1n) is 7.17. The number of carbonyl (C=O) groups excluding carboxylic acids is 1. The van der Waals surface area contributed by atoms with E-state index in [1.807, 2.05) is 38.1 Å². The lowest BCUT2D eigenvalue weighted by atomic mass is 10.2. The smallest absolute Gasteiger partial charge is 0.323 e. The van der Waals surface area contributed by atoms with Crippen molar-refractivity contribution in [3.8, 4) is 0 Å². The molecule has 0 saturated heterocycles. The Morgan fingerprint density at radius 3 is 2.65 bits per heavy atom. The standard InChI is InChI=1S/C16H18BrN3O3/c1-11(2)20-7-6-14(18-20)16(23)19(10-15(21)22)9-12-4-3-5-13(17)8-12/h3-8,11H,9-10H2,1-2H3,(H,21,22). The maximum atomic E-state index is 12.6. The second-order valence-corrected chi connectivity index (χ2v) is 6.38. The van der Waals surface area contributed by atoms with E-state index in [1.54, 1.807) is 16.9 Å². The highest BCUT2D eigenvalue weighted by Crippen LogP contribution is 2.15. The molecule has 1 amide bonds. The molecule has 1 aromatic carbocycles. The predicted octanol–water partition coefficient (Wildman–Crippen LogP) is 2.95. The van der Waals surface area contributed by atoms with Crippen LogP contribution in [0.4, 0.5) is 0 Å². The average Bonchev–Trinajstić information content (AvgIpc) is 2.95. The van der Waals surface area contributed by atoms with E-state index in [1.165, 1.54) is 4.90 Å². The molecule has 2 aromatic rings. The van der Waals surface area contributed by atoms with Crippen molar-refractivity contribution in [2.45, 2.75) is 26.4 Å². The third-order valence-electron chi connectivity index (χ3n) is 3.23. The van der Waals surface area contributed by atoms with E-state index >= 15 is 0 Å². The van der Waals surface area contributed by atoms with Gasteiger partial charge < -0.3 is 10.0 Å². The van der Waals surface area contributed by atoms with E-state index in [4.69, 9.17) is 5.11 Å². The first kappa shape index (κ1) is 17.2. The van der Waals surface area contributed by atoms with Crippen molar-refractivity contribution in [3.63, 3.8) is 0 Å². The van der Waals surface area contributed by atoms with E-state index in [-0.39, 0.29) is 24.8 Å². The van der Waals surface area contributed by atoms with Crippen LogP contribution in [0, 0.1) is 0 Å². The second kappa shape index (κ2) is 7.41. The summed E-state index contributed by atoms with van der Waals surface area (Å²) < 4.78 is 2.55. The molecule has 122 valence electrons.